The predicted octanol–water partition coefficient (Wildman–Crippen LogP) is 2.78. The standard InChI is InChI=1S/C8H15F/c1-7(2,3)6-5-8(6,4)9/h6H,5H2,1-4H3. The predicted molar refractivity (Wildman–Crippen MR) is 37.1 cm³/mol. The maximum Gasteiger partial charge on any atom is 0.112 e. The van der Waals surface area contributed by atoms with E-state index in [-0.39, 0.29) is 5.41 Å². The van der Waals surface area contributed by atoms with Gasteiger partial charge in [-0.05, 0) is 18.8 Å². The fourth-order valence-corrected chi connectivity index (χ4v) is 1.55. The summed E-state index contributed by atoms with van der Waals surface area (Å²) in [6.45, 7) is 8.00. The highest BCUT2D eigenvalue weighted by atomic mass is 19.1. The summed E-state index contributed by atoms with van der Waals surface area (Å²) in [5.41, 5.74) is -0.679. The fraction of sp³-hybridized carbons (Fsp3) is 1.00. The molecule has 9 heavy (non-hydrogen) atoms. The molecule has 0 spiro atoms. The molecule has 1 heteroatoms. The van der Waals surface area contributed by atoms with Crippen LogP contribution >= 0.6 is 0 Å². The lowest BCUT2D eigenvalue weighted by Gasteiger charge is -2.18. The normalized spacial score (nSPS) is 43.0. The number of hydrogen-bond acceptors (Lipinski definition) is 0. The van der Waals surface area contributed by atoms with Crippen molar-refractivity contribution in [3.8, 4) is 0 Å². The third kappa shape index (κ3) is 1.25. The maximum absolute atomic E-state index is 13.0. The van der Waals surface area contributed by atoms with E-state index in [0.717, 1.165) is 6.42 Å². The van der Waals surface area contributed by atoms with E-state index in [9.17, 15) is 4.39 Å². The number of halogens is 1. The molecule has 0 saturated heterocycles. The van der Waals surface area contributed by atoms with Crippen LogP contribution in [0.2, 0.25) is 0 Å². The van der Waals surface area contributed by atoms with E-state index < -0.39 is 5.67 Å². The van der Waals surface area contributed by atoms with E-state index in [2.05, 4.69) is 20.8 Å². The van der Waals surface area contributed by atoms with E-state index in [4.69, 9.17) is 0 Å². The number of hydrogen-bond donors (Lipinski definition) is 0. The number of rotatable bonds is 0. The van der Waals surface area contributed by atoms with Crippen LogP contribution in [0.3, 0.4) is 0 Å². The van der Waals surface area contributed by atoms with Crippen molar-refractivity contribution in [1.82, 2.24) is 0 Å². The molecule has 1 aliphatic rings. The zero-order valence-corrected chi connectivity index (χ0v) is 6.66. The summed E-state index contributed by atoms with van der Waals surface area (Å²) in [4.78, 5) is 0. The second kappa shape index (κ2) is 1.50. The van der Waals surface area contributed by atoms with Gasteiger partial charge < -0.3 is 0 Å². The lowest BCUT2D eigenvalue weighted by molar-refractivity contribution is 0.228. The van der Waals surface area contributed by atoms with Gasteiger partial charge in [-0.2, -0.15) is 0 Å². The molecule has 0 bridgehead atoms. The molecule has 2 atom stereocenters. The van der Waals surface area contributed by atoms with Crippen LogP contribution in [0.4, 0.5) is 4.39 Å². The Labute approximate surface area is 56.5 Å². The average Bonchev–Trinajstić information content (AvgIpc) is 2.10. The molecule has 1 fully saturated rings. The van der Waals surface area contributed by atoms with Crippen LogP contribution in [0.1, 0.15) is 34.1 Å². The minimum Gasteiger partial charge on any atom is -0.244 e. The van der Waals surface area contributed by atoms with Gasteiger partial charge in [0.15, 0.2) is 0 Å². The first-order valence-electron chi connectivity index (χ1n) is 3.53. The van der Waals surface area contributed by atoms with E-state index in [1.54, 1.807) is 6.92 Å². The molecule has 1 aliphatic carbocycles. The van der Waals surface area contributed by atoms with Gasteiger partial charge in [0.1, 0.15) is 5.67 Å². The summed E-state index contributed by atoms with van der Waals surface area (Å²) in [5, 5.41) is 0. The maximum atomic E-state index is 13.0. The smallest absolute Gasteiger partial charge is 0.112 e. The lowest BCUT2D eigenvalue weighted by atomic mass is 9.89. The minimum atomic E-state index is -0.849. The van der Waals surface area contributed by atoms with Crippen LogP contribution in [0.25, 0.3) is 0 Å². The van der Waals surface area contributed by atoms with Crippen LogP contribution in [-0.2, 0) is 0 Å². The summed E-state index contributed by atoms with van der Waals surface area (Å²) in [6.07, 6.45) is 0.760. The van der Waals surface area contributed by atoms with Crippen molar-refractivity contribution in [2.24, 2.45) is 11.3 Å². The van der Waals surface area contributed by atoms with Crippen molar-refractivity contribution < 1.29 is 4.39 Å². The molecule has 0 heterocycles. The van der Waals surface area contributed by atoms with Crippen LogP contribution in [0.15, 0.2) is 0 Å². The van der Waals surface area contributed by atoms with Crippen molar-refractivity contribution in [3.05, 3.63) is 0 Å². The van der Waals surface area contributed by atoms with Gasteiger partial charge in [-0.15, -0.1) is 0 Å². The molecule has 0 aliphatic heterocycles. The van der Waals surface area contributed by atoms with Gasteiger partial charge in [0.2, 0.25) is 0 Å². The van der Waals surface area contributed by atoms with Gasteiger partial charge >= 0.3 is 0 Å². The molecule has 0 radical (unpaired) electrons. The van der Waals surface area contributed by atoms with Gasteiger partial charge in [-0.25, -0.2) is 4.39 Å². The second-order valence-corrected chi connectivity index (χ2v) is 4.40. The van der Waals surface area contributed by atoms with Crippen molar-refractivity contribution >= 4 is 0 Å². The van der Waals surface area contributed by atoms with Crippen LogP contribution < -0.4 is 0 Å². The van der Waals surface area contributed by atoms with Crippen LogP contribution in [0, 0.1) is 11.3 Å². The van der Waals surface area contributed by atoms with Crippen molar-refractivity contribution in [2.45, 2.75) is 39.8 Å². The molecule has 0 aromatic rings. The molecule has 0 N–H and O–H groups in total. The second-order valence-electron chi connectivity index (χ2n) is 4.40. The Balaban J connectivity index is 2.52. The third-order valence-electron chi connectivity index (χ3n) is 2.22. The molecule has 0 aromatic carbocycles. The largest absolute Gasteiger partial charge is 0.244 e. The van der Waals surface area contributed by atoms with Crippen molar-refractivity contribution in [2.75, 3.05) is 0 Å². The quantitative estimate of drug-likeness (QED) is 0.473. The lowest BCUT2D eigenvalue weighted by Crippen LogP contribution is -2.13. The Kier molecular flexibility index (Phi) is 1.17. The average molecular weight is 130 g/mol. The Morgan fingerprint density at radius 3 is 1.78 bits per heavy atom. The summed E-state index contributed by atoms with van der Waals surface area (Å²) in [7, 11) is 0. The Bertz CT molecular complexity index is 119. The number of alkyl halides is 1. The van der Waals surface area contributed by atoms with Crippen molar-refractivity contribution in [1.29, 1.82) is 0 Å². The van der Waals surface area contributed by atoms with Gasteiger partial charge in [0, 0.05) is 5.92 Å². The van der Waals surface area contributed by atoms with E-state index >= 15 is 0 Å². The minimum absolute atomic E-state index is 0.170. The molecule has 2 unspecified atom stereocenters. The van der Waals surface area contributed by atoms with E-state index in [0.29, 0.717) is 5.92 Å². The van der Waals surface area contributed by atoms with E-state index in [1.165, 1.54) is 0 Å². The highest BCUT2D eigenvalue weighted by Crippen LogP contribution is 2.56. The molecule has 0 amide bonds. The molecule has 0 nitrogen and oxygen atoms in total. The molecule has 1 saturated carbocycles. The SMILES string of the molecule is CC(C)(C)C1CC1(C)F. The zero-order chi connectivity index (χ0) is 7.28. The topological polar surface area (TPSA) is 0 Å². The Morgan fingerprint density at radius 2 is 1.78 bits per heavy atom. The highest BCUT2D eigenvalue weighted by Gasteiger charge is 2.56. The van der Waals surface area contributed by atoms with E-state index in [1.807, 2.05) is 0 Å². The summed E-state index contributed by atoms with van der Waals surface area (Å²) in [5.74, 6) is 0.296. The van der Waals surface area contributed by atoms with Gasteiger partial charge in [0.05, 0.1) is 0 Å². The van der Waals surface area contributed by atoms with Crippen LogP contribution in [0.5, 0.6) is 0 Å². The molecule has 0 aromatic heterocycles. The zero-order valence-electron chi connectivity index (χ0n) is 6.66. The first-order chi connectivity index (χ1) is 3.84. The van der Waals surface area contributed by atoms with Crippen molar-refractivity contribution in [3.63, 3.8) is 0 Å². The first kappa shape index (κ1) is 7.04. The summed E-state index contributed by atoms with van der Waals surface area (Å²) < 4.78 is 13.0. The monoisotopic (exact) mass is 130 g/mol. The molecule has 54 valence electrons. The Morgan fingerprint density at radius 1 is 1.44 bits per heavy atom. The molecular weight excluding hydrogens is 115 g/mol. The molecular formula is C8H15F. The van der Waals surface area contributed by atoms with Gasteiger partial charge in [0.25, 0.3) is 0 Å². The first-order valence-corrected chi connectivity index (χ1v) is 3.53. The van der Waals surface area contributed by atoms with Gasteiger partial charge in [-0.1, -0.05) is 20.8 Å². The third-order valence-corrected chi connectivity index (χ3v) is 2.22. The Hall–Kier alpha value is -0.0700. The van der Waals surface area contributed by atoms with Crippen LogP contribution in [-0.4, -0.2) is 5.67 Å². The summed E-state index contributed by atoms with van der Waals surface area (Å²) in [6, 6.07) is 0. The highest BCUT2D eigenvalue weighted by molar-refractivity contribution is 5.05. The van der Waals surface area contributed by atoms with Gasteiger partial charge in [-0.3, -0.25) is 0 Å². The summed E-state index contributed by atoms with van der Waals surface area (Å²) >= 11 is 0. The fourth-order valence-electron chi connectivity index (χ4n) is 1.55. The molecule has 1 rings (SSSR count).